The van der Waals surface area contributed by atoms with Crippen LogP contribution in [-0.2, 0) is 43.7 Å². The number of nitrogens with one attached hydrogen (secondary N) is 1. The highest BCUT2D eigenvalue weighted by Crippen LogP contribution is 2.26. The smallest absolute Gasteiger partial charge is 0.325 e. The molecule has 29 heavy (non-hydrogen) atoms. The van der Waals surface area contributed by atoms with Gasteiger partial charge in [0.1, 0.15) is 6.04 Å². The molecule has 0 saturated heterocycles. The van der Waals surface area contributed by atoms with Gasteiger partial charge in [0.15, 0.2) is 6.61 Å². The highest BCUT2D eigenvalue weighted by atomic mass is 32.2. The number of nitrogens with zero attached hydrogens (tertiary/aromatic N) is 1. The van der Waals surface area contributed by atoms with Gasteiger partial charge in [-0.25, -0.2) is 8.42 Å². The Hall–Kier alpha value is -2.71. The molecule has 1 N–H and O–H groups in total. The van der Waals surface area contributed by atoms with Crippen molar-refractivity contribution in [2.45, 2.75) is 32.4 Å². The normalized spacial score (nSPS) is 16.7. The Morgan fingerprint density at radius 1 is 1.10 bits per heavy atom. The summed E-state index contributed by atoms with van der Waals surface area (Å²) in [6.45, 7) is 1.66. The third-order valence-electron chi connectivity index (χ3n) is 4.89. The van der Waals surface area contributed by atoms with Crippen LogP contribution >= 0.6 is 0 Å². The van der Waals surface area contributed by atoms with Crippen LogP contribution in [0.15, 0.2) is 48.5 Å². The third kappa shape index (κ3) is 5.21. The average molecular weight is 416 g/mol. The molecule has 1 aliphatic heterocycles. The number of fused-ring (bicyclic) bond motifs is 1. The summed E-state index contributed by atoms with van der Waals surface area (Å²) in [7, 11) is -3.62. The maximum Gasteiger partial charge on any atom is 0.325 e. The Kier molecular flexibility index (Phi) is 6.34. The number of hydrogen-bond acceptors (Lipinski definition) is 5. The van der Waals surface area contributed by atoms with Gasteiger partial charge in [-0.05, 0) is 35.2 Å². The number of carbonyl (C=O) groups excluding carboxylic acids is 2. The molecule has 0 fully saturated rings. The van der Waals surface area contributed by atoms with E-state index in [9.17, 15) is 18.0 Å². The minimum absolute atomic E-state index is 0.102. The summed E-state index contributed by atoms with van der Waals surface area (Å²) in [5.74, 6) is -1.22. The summed E-state index contributed by atoms with van der Waals surface area (Å²) in [6, 6.07) is 13.8. The van der Waals surface area contributed by atoms with E-state index in [1.807, 2.05) is 43.3 Å². The third-order valence-corrected chi connectivity index (χ3v) is 6.13. The minimum Gasteiger partial charge on any atom is -0.454 e. The zero-order valence-electron chi connectivity index (χ0n) is 16.4. The zero-order chi connectivity index (χ0) is 21.0. The van der Waals surface area contributed by atoms with Gasteiger partial charge in [-0.2, -0.15) is 4.31 Å². The molecule has 0 saturated carbocycles. The van der Waals surface area contributed by atoms with Crippen LogP contribution in [0, 0.1) is 0 Å². The van der Waals surface area contributed by atoms with Crippen molar-refractivity contribution < 1.29 is 22.7 Å². The fourth-order valence-electron chi connectivity index (χ4n) is 3.30. The van der Waals surface area contributed by atoms with Crippen molar-refractivity contribution in [1.29, 1.82) is 0 Å². The lowest BCUT2D eigenvalue weighted by atomic mass is 9.96. The summed E-state index contributed by atoms with van der Waals surface area (Å²) < 4.78 is 30.6. The first-order valence-electron chi connectivity index (χ1n) is 9.37. The zero-order valence-corrected chi connectivity index (χ0v) is 17.2. The van der Waals surface area contributed by atoms with Gasteiger partial charge in [-0.1, -0.05) is 43.3 Å². The monoisotopic (exact) mass is 416 g/mol. The lowest BCUT2D eigenvalue weighted by Crippen LogP contribution is -2.49. The predicted molar refractivity (Wildman–Crippen MR) is 110 cm³/mol. The van der Waals surface area contributed by atoms with Crippen LogP contribution in [0.2, 0.25) is 0 Å². The molecule has 1 amide bonds. The van der Waals surface area contributed by atoms with Crippen LogP contribution in [0.4, 0.5) is 5.69 Å². The number of sulfonamides is 1. The second-order valence-electron chi connectivity index (χ2n) is 7.00. The Labute approximate surface area is 170 Å². The molecule has 0 unspecified atom stereocenters. The molecule has 1 atom stereocenters. The highest BCUT2D eigenvalue weighted by molar-refractivity contribution is 7.88. The maximum absolute atomic E-state index is 12.6. The first-order chi connectivity index (χ1) is 13.8. The first-order valence-corrected chi connectivity index (χ1v) is 11.2. The lowest BCUT2D eigenvalue weighted by Gasteiger charge is -2.33. The molecule has 0 bridgehead atoms. The molecule has 2 aromatic rings. The summed E-state index contributed by atoms with van der Waals surface area (Å²) >= 11 is 0. The molecule has 1 heterocycles. The van der Waals surface area contributed by atoms with Crippen LogP contribution < -0.4 is 5.32 Å². The molecule has 154 valence electrons. The number of esters is 1. The fourth-order valence-corrected chi connectivity index (χ4v) is 4.30. The van der Waals surface area contributed by atoms with E-state index in [4.69, 9.17) is 4.74 Å². The van der Waals surface area contributed by atoms with Crippen LogP contribution in [-0.4, -0.2) is 43.5 Å². The SMILES string of the molecule is CCc1ccc(NC(=O)COC(=O)[C@@H]2Cc3ccccc3CN2S(C)(=O)=O)cc1. The Bertz CT molecular complexity index is 1000. The number of ether oxygens (including phenoxy) is 1. The summed E-state index contributed by atoms with van der Waals surface area (Å²) in [5.41, 5.74) is 3.51. The van der Waals surface area contributed by atoms with Gasteiger partial charge >= 0.3 is 5.97 Å². The number of anilines is 1. The van der Waals surface area contributed by atoms with E-state index in [0.717, 1.165) is 33.7 Å². The van der Waals surface area contributed by atoms with Crippen molar-refractivity contribution in [2.24, 2.45) is 0 Å². The van der Waals surface area contributed by atoms with E-state index < -0.39 is 34.5 Å². The minimum atomic E-state index is -3.62. The predicted octanol–water partition coefficient (Wildman–Crippen LogP) is 2.12. The van der Waals surface area contributed by atoms with Crippen molar-refractivity contribution in [2.75, 3.05) is 18.2 Å². The second-order valence-corrected chi connectivity index (χ2v) is 8.94. The molecule has 0 spiro atoms. The van der Waals surface area contributed by atoms with Crippen LogP contribution in [0.3, 0.4) is 0 Å². The molecule has 0 aliphatic carbocycles. The van der Waals surface area contributed by atoms with E-state index in [-0.39, 0.29) is 13.0 Å². The fraction of sp³-hybridized carbons (Fsp3) is 0.333. The standard InChI is InChI=1S/C21H24N2O5S/c1-3-15-8-10-18(11-9-15)22-20(24)14-28-21(25)19-12-16-6-4-5-7-17(16)13-23(19)29(2,26)27/h4-11,19H,3,12-14H2,1-2H3,(H,22,24)/t19-/m0/s1. The quantitative estimate of drug-likeness (QED) is 0.728. The maximum atomic E-state index is 12.6. The Balaban J connectivity index is 1.64. The molecule has 2 aromatic carbocycles. The topological polar surface area (TPSA) is 92.8 Å². The molecular weight excluding hydrogens is 392 g/mol. The van der Waals surface area contributed by atoms with Crippen molar-refractivity contribution >= 4 is 27.6 Å². The number of amides is 1. The van der Waals surface area contributed by atoms with Gasteiger partial charge in [0.2, 0.25) is 10.0 Å². The Morgan fingerprint density at radius 2 is 1.76 bits per heavy atom. The van der Waals surface area contributed by atoms with E-state index in [2.05, 4.69) is 5.32 Å². The van der Waals surface area contributed by atoms with E-state index in [1.54, 1.807) is 12.1 Å². The number of carbonyl (C=O) groups is 2. The molecule has 8 heteroatoms. The van der Waals surface area contributed by atoms with Crippen molar-refractivity contribution in [3.05, 3.63) is 65.2 Å². The lowest BCUT2D eigenvalue weighted by molar-refractivity contribution is -0.151. The highest BCUT2D eigenvalue weighted by Gasteiger charge is 2.38. The molecular formula is C21H24N2O5S. The molecule has 3 rings (SSSR count). The molecule has 1 aliphatic rings. The van der Waals surface area contributed by atoms with Crippen molar-refractivity contribution in [3.63, 3.8) is 0 Å². The number of benzene rings is 2. The van der Waals surface area contributed by atoms with Gasteiger partial charge in [0.05, 0.1) is 6.26 Å². The number of rotatable bonds is 6. The van der Waals surface area contributed by atoms with Gasteiger partial charge in [0.25, 0.3) is 5.91 Å². The largest absolute Gasteiger partial charge is 0.454 e. The van der Waals surface area contributed by atoms with Gasteiger partial charge in [-0.15, -0.1) is 0 Å². The Morgan fingerprint density at radius 3 is 2.38 bits per heavy atom. The van der Waals surface area contributed by atoms with E-state index in [1.165, 1.54) is 0 Å². The average Bonchev–Trinajstić information content (AvgIpc) is 2.71. The number of hydrogen-bond donors (Lipinski definition) is 1. The van der Waals surface area contributed by atoms with E-state index >= 15 is 0 Å². The summed E-state index contributed by atoms with van der Waals surface area (Å²) in [4.78, 5) is 24.7. The summed E-state index contributed by atoms with van der Waals surface area (Å²) in [6.07, 6.45) is 2.17. The van der Waals surface area contributed by atoms with Crippen molar-refractivity contribution in [1.82, 2.24) is 4.31 Å². The van der Waals surface area contributed by atoms with E-state index in [0.29, 0.717) is 5.69 Å². The van der Waals surface area contributed by atoms with Gasteiger partial charge in [0, 0.05) is 18.7 Å². The molecule has 0 radical (unpaired) electrons. The van der Waals surface area contributed by atoms with Crippen LogP contribution in [0.5, 0.6) is 0 Å². The first kappa shape index (κ1) is 21.0. The second kappa shape index (κ2) is 8.75. The van der Waals surface area contributed by atoms with Gasteiger partial charge < -0.3 is 10.1 Å². The van der Waals surface area contributed by atoms with Crippen LogP contribution in [0.25, 0.3) is 0 Å². The molecule has 0 aromatic heterocycles. The van der Waals surface area contributed by atoms with Crippen molar-refractivity contribution in [3.8, 4) is 0 Å². The molecule has 7 nitrogen and oxygen atoms in total. The number of aryl methyl sites for hydroxylation is 1. The summed E-state index contributed by atoms with van der Waals surface area (Å²) in [5, 5.41) is 2.66. The van der Waals surface area contributed by atoms with Crippen LogP contribution in [0.1, 0.15) is 23.6 Å². The van der Waals surface area contributed by atoms with Gasteiger partial charge in [-0.3, -0.25) is 9.59 Å².